The lowest BCUT2D eigenvalue weighted by atomic mass is 9.99. The monoisotopic (exact) mass is 385 g/mol. The molecule has 7 heteroatoms. The van der Waals surface area contributed by atoms with Crippen molar-refractivity contribution in [3.8, 4) is 11.1 Å². The van der Waals surface area contributed by atoms with Crippen LogP contribution in [0.3, 0.4) is 0 Å². The Morgan fingerprint density at radius 2 is 2.11 bits per heavy atom. The van der Waals surface area contributed by atoms with Crippen molar-refractivity contribution in [3.05, 3.63) is 57.6 Å². The van der Waals surface area contributed by atoms with Crippen LogP contribution in [0.1, 0.15) is 12.0 Å². The van der Waals surface area contributed by atoms with Crippen LogP contribution < -0.4 is 10.9 Å². The number of aromatic nitrogens is 2. The number of alkyl halides is 1. The minimum absolute atomic E-state index is 0.115. The summed E-state index contributed by atoms with van der Waals surface area (Å²) >= 11 is 6.41. The molecule has 1 fully saturated rings. The number of halogens is 2. The molecule has 0 saturated heterocycles. The molecule has 3 aromatic rings. The van der Waals surface area contributed by atoms with E-state index in [1.165, 1.54) is 4.57 Å². The molecule has 1 amide bonds. The van der Waals surface area contributed by atoms with Gasteiger partial charge in [0.25, 0.3) is 5.56 Å². The standard InChI is InChI=1S/C20H17ClFN3O2/c1-10-3-4-25(2)20(27)18(10)12-5-11-7-17(23-9-14(11)15(21)6-12)24-19(26)13-8-16(13)22/h3-7,9,13,16H,8H2,1-2H3,(H,23,24,26)/t13-,16+/m0/s1. The number of carbonyl (C=O) groups excluding carboxylic acids is 1. The fourth-order valence-electron chi connectivity index (χ4n) is 3.15. The van der Waals surface area contributed by atoms with Gasteiger partial charge in [-0.25, -0.2) is 9.37 Å². The van der Waals surface area contributed by atoms with Gasteiger partial charge < -0.3 is 9.88 Å². The first-order valence-electron chi connectivity index (χ1n) is 8.56. The van der Waals surface area contributed by atoms with Crippen LogP contribution in [0.2, 0.25) is 5.02 Å². The van der Waals surface area contributed by atoms with E-state index in [1.807, 2.05) is 19.1 Å². The number of fused-ring (bicyclic) bond motifs is 1. The number of anilines is 1. The van der Waals surface area contributed by atoms with Crippen LogP contribution in [0.4, 0.5) is 10.2 Å². The van der Waals surface area contributed by atoms with Crippen LogP contribution in [-0.4, -0.2) is 21.6 Å². The number of hydrogen-bond acceptors (Lipinski definition) is 3. The summed E-state index contributed by atoms with van der Waals surface area (Å²) in [6, 6.07) is 7.14. The summed E-state index contributed by atoms with van der Waals surface area (Å²) in [5.74, 6) is -0.630. The van der Waals surface area contributed by atoms with Gasteiger partial charge in [-0.05, 0) is 54.1 Å². The zero-order chi connectivity index (χ0) is 19.3. The molecule has 0 unspecified atom stereocenters. The number of benzene rings is 1. The Kier molecular flexibility index (Phi) is 4.23. The fourth-order valence-corrected chi connectivity index (χ4v) is 3.43. The van der Waals surface area contributed by atoms with Gasteiger partial charge >= 0.3 is 0 Å². The highest BCUT2D eigenvalue weighted by Crippen LogP contribution is 2.35. The summed E-state index contributed by atoms with van der Waals surface area (Å²) < 4.78 is 14.6. The van der Waals surface area contributed by atoms with Crippen LogP contribution >= 0.6 is 11.6 Å². The Bertz CT molecular complexity index is 1140. The van der Waals surface area contributed by atoms with Crippen LogP contribution in [0.5, 0.6) is 0 Å². The molecule has 27 heavy (non-hydrogen) atoms. The molecule has 138 valence electrons. The number of nitrogens with zero attached hydrogens (tertiary/aromatic N) is 2. The number of aryl methyl sites for hydroxylation is 2. The first-order chi connectivity index (χ1) is 12.8. The van der Waals surface area contributed by atoms with Gasteiger partial charge in [0.1, 0.15) is 12.0 Å². The van der Waals surface area contributed by atoms with Gasteiger partial charge in [-0.2, -0.15) is 0 Å². The molecule has 4 rings (SSSR count). The van der Waals surface area contributed by atoms with Gasteiger partial charge in [0.05, 0.1) is 16.5 Å². The largest absolute Gasteiger partial charge is 0.318 e. The molecule has 2 atom stereocenters. The average Bonchev–Trinajstić information content (AvgIpc) is 3.35. The second-order valence-electron chi connectivity index (χ2n) is 6.89. The van der Waals surface area contributed by atoms with E-state index < -0.39 is 12.1 Å². The molecule has 1 aromatic carbocycles. The lowest BCUT2D eigenvalue weighted by molar-refractivity contribution is -0.117. The van der Waals surface area contributed by atoms with E-state index in [0.29, 0.717) is 27.4 Å². The van der Waals surface area contributed by atoms with E-state index in [-0.39, 0.29) is 17.9 Å². The van der Waals surface area contributed by atoms with Gasteiger partial charge in [-0.1, -0.05) is 11.6 Å². The maximum absolute atomic E-state index is 13.1. The highest BCUT2D eigenvalue weighted by atomic mass is 35.5. The van der Waals surface area contributed by atoms with Crippen LogP contribution in [-0.2, 0) is 11.8 Å². The zero-order valence-electron chi connectivity index (χ0n) is 14.8. The zero-order valence-corrected chi connectivity index (χ0v) is 15.5. The SMILES string of the molecule is Cc1ccn(C)c(=O)c1-c1cc(Cl)c2cnc(NC(=O)[C@H]3C[C@H]3F)cc2c1. The highest BCUT2D eigenvalue weighted by molar-refractivity contribution is 6.36. The third kappa shape index (κ3) is 3.21. The first kappa shape index (κ1) is 17.7. The normalized spacial score (nSPS) is 18.5. The first-order valence-corrected chi connectivity index (χ1v) is 8.94. The Morgan fingerprint density at radius 3 is 2.81 bits per heavy atom. The van der Waals surface area contributed by atoms with Gasteiger partial charge in [0.2, 0.25) is 5.91 Å². The quantitative estimate of drug-likeness (QED) is 0.744. The molecule has 5 nitrogen and oxygen atoms in total. The molecule has 2 aromatic heterocycles. The van der Waals surface area contributed by atoms with Crippen LogP contribution in [0.25, 0.3) is 21.9 Å². The van der Waals surface area contributed by atoms with Crippen LogP contribution in [0, 0.1) is 12.8 Å². The number of nitrogens with one attached hydrogen (secondary N) is 1. The summed E-state index contributed by atoms with van der Waals surface area (Å²) in [5.41, 5.74) is 2.00. The lowest BCUT2D eigenvalue weighted by Gasteiger charge is -2.11. The van der Waals surface area contributed by atoms with E-state index in [1.54, 1.807) is 31.6 Å². The average molecular weight is 386 g/mol. The number of carbonyl (C=O) groups is 1. The minimum atomic E-state index is -1.07. The third-order valence-electron chi connectivity index (χ3n) is 4.85. The van der Waals surface area contributed by atoms with Gasteiger partial charge in [-0.15, -0.1) is 0 Å². The maximum atomic E-state index is 13.1. The molecule has 0 bridgehead atoms. The van der Waals surface area contributed by atoms with Crippen molar-refractivity contribution >= 4 is 34.1 Å². The Balaban J connectivity index is 1.79. The predicted octanol–water partition coefficient (Wildman–Crippen LogP) is 3.86. The molecule has 0 spiro atoms. The van der Waals surface area contributed by atoms with E-state index in [2.05, 4.69) is 10.3 Å². The Morgan fingerprint density at radius 1 is 1.37 bits per heavy atom. The van der Waals surface area contributed by atoms with Crippen molar-refractivity contribution in [1.29, 1.82) is 0 Å². The smallest absolute Gasteiger partial charge is 0.258 e. The van der Waals surface area contributed by atoms with Gasteiger partial charge in [0, 0.05) is 24.8 Å². The Labute approximate surface area is 159 Å². The second-order valence-corrected chi connectivity index (χ2v) is 7.29. The summed E-state index contributed by atoms with van der Waals surface area (Å²) in [6.45, 7) is 1.87. The number of rotatable bonds is 3. The van der Waals surface area contributed by atoms with E-state index in [0.717, 1.165) is 10.9 Å². The van der Waals surface area contributed by atoms with Crippen molar-refractivity contribution in [2.45, 2.75) is 19.5 Å². The molecule has 1 aliphatic carbocycles. The van der Waals surface area contributed by atoms with E-state index in [4.69, 9.17) is 11.6 Å². The minimum Gasteiger partial charge on any atom is -0.318 e. The van der Waals surface area contributed by atoms with Crippen molar-refractivity contribution in [3.63, 3.8) is 0 Å². The summed E-state index contributed by atoms with van der Waals surface area (Å²) in [4.78, 5) is 28.7. The van der Waals surface area contributed by atoms with E-state index >= 15 is 0 Å². The molecule has 1 saturated carbocycles. The lowest BCUT2D eigenvalue weighted by Crippen LogP contribution is -2.18. The van der Waals surface area contributed by atoms with Crippen molar-refractivity contribution in [2.75, 3.05) is 5.32 Å². The molecular formula is C20H17ClFN3O2. The molecular weight excluding hydrogens is 369 g/mol. The summed E-state index contributed by atoms with van der Waals surface area (Å²) in [5, 5.41) is 4.54. The predicted molar refractivity (Wildman–Crippen MR) is 104 cm³/mol. The van der Waals surface area contributed by atoms with Crippen molar-refractivity contribution in [2.24, 2.45) is 13.0 Å². The topological polar surface area (TPSA) is 64.0 Å². The highest BCUT2D eigenvalue weighted by Gasteiger charge is 2.43. The summed E-state index contributed by atoms with van der Waals surface area (Å²) in [7, 11) is 1.70. The molecule has 2 heterocycles. The van der Waals surface area contributed by atoms with Crippen molar-refractivity contribution in [1.82, 2.24) is 9.55 Å². The number of pyridine rings is 2. The molecule has 1 aliphatic rings. The van der Waals surface area contributed by atoms with Gasteiger partial charge in [0.15, 0.2) is 0 Å². The number of amides is 1. The molecule has 0 aliphatic heterocycles. The fraction of sp³-hybridized carbons (Fsp3) is 0.250. The molecule has 1 N–H and O–H groups in total. The summed E-state index contributed by atoms with van der Waals surface area (Å²) in [6.07, 6.45) is 2.47. The molecule has 0 radical (unpaired) electrons. The third-order valence-corrected chi connectivity index (χ3v) is 5.17. The second kappa shape index (κ2) is 6.46. The van der Waals surface area contributed by atoms with Crippen LogP contribution in [0.15, 0.2) is 41.5 Å². The Hall–Kier alpha value is -2.73. The van der Waals surface area contributed by atoms with Crippen molar-refractivity contribution < 1.29 is 9.18 Å². The maximum Gasteiger partial charge on any atom is 0.258 e. The van der Waals surface area contributed by atoms with E-state index in [9.17, 15) is 14.0 Å². The van der Waals surface area contributed by atoms with Gasteiger partial charge in [-0.3, -0.25) is 9.59 Å². The number of hydrogen-bond donors (Lipinski definition) is 1.